The Balaban J connectivity index is 1.97. The van der Waals surface area contributed by atoms with Crippen LogP contribution in [-0.4, -0.2) is 18.7 Å². The molecule has 0 aliphatic heterocycles. The van der Waals surface area contributed by atoms with Crippen LogP contribution in [0.5, 0.6) is 0 Å². The fraction of sp³-hybridized carbons (Fsp3) is 0.706. The van der Waals surface area contributed by atoms with Crippen LogP contribution in [0.2, 0.25) is 0 Å². The average molecular weight is 316 g/mol. The number of hydrogen-bond donors (Lipinski definition) is 0. The third kappa shape index (κ3) is 2.35. The zero-order valence-corrected chi connectivity index (χ0v) is 13.9. The lowest BCUT2D eigenvalue weighted by atomic mass is 9.88. The molecule has 0 atom stereocenters. The lowest BCUT2D eigenvalue weighted by molar-refractivity contribution is 0.413. The zero-order valence-electron chi connectivity index (χ0n) is 13.9. The van der Waals surface area contributed by atoms with Crippen LogP contribution in [0.3, 0.4) is 0 Å². The molecule has 0 saturated heterocycles. The van der Waals surface area contributed by atoms with Gasteiger partial charge in [0.15, 0.2) is 11.2 Å². The van der Waals surface area contributed by atoms with E-state index in [2.05, 4.69) is 4.57 Å². The Labute approximate surface area is 134 Å². The van der Waals surface area contributed by atoms with Crippen LogP contribution in [0.1, 0.15) is 56.7 Å². The molecule has 0 unspecified atom stereocenters. The summed E-state index contributed by atoms with van der Waals surface area (Å²) in [6, 6.07) is 0. The molecule has 23 heavy (non-hydrogen) atoms. The fourth-order valence-corrected chi connectivity index (χ4v) is 3.88. The van der Waals surface area contributed by atoms with Crippen molar-refractivity contribution in [3.63, 3.8) is 0 Å². The van der Waals surface area contributed by atoms with Crippen molar-refractivity contribution in [1.29, 1.82) is 0 Å². The van der Waals surface area contributed by atoms with Crippen LogP contribution in [0.25, 0.3) is 11.2 Å². The van der Waals surface area contributed by atoms with Crippen molar-refractivity contribution in [2.75, 3.05) is 0 Å². The van der Waals surface area contributed by atoms with Crippen LogP contribution < -0.4 is 11.2 Å². The third-order valence-corrected chi connectivity index (χ3v) is 5.49. The molecule has 2 saturated carbocycles. The summed E-state index contributed by atoms with van der Waals surface area (Å²) in [5, 5.41) is 0. The number of aromatic nitrogens is 4. The number of nitrogens with zero attached hydrogens (tertiary/aromatic N) is 4. The van der Waals surface area contributed by atoms with Crippen molar-refractivity contribution >= 4 is 11.2 Å². The summed E-state index contributed by atoms with van der Waals surface area (Å²) >= 11 is 0. The molecule has 0 N–H and O–H groups in total. The summed E-state index contributed by atoms with van der Waals surface area (Å²) in [5.74, 6) is 2.12. The molecule has 0 spiro atoms. The Morgan fingerprint density at radius 1 is 1.00 bits per heavy atom. The highest BCUT2D eigenvalue weighted by atomic mass is 16.2. The van der Waals surface area contributed by atoms with Crippen molar-refractivity contribution < 1.29 is 0 Å². The molecule has 4 rings (SSSR count). The van der Waals surface area contributed by atoms with E-state index in [9.17, 15) is 9.59 Å². The van der Waals surface area contributed by atoms with Crippen LogP contribution in [-0.2, 0) is 20.6 Å². The lowest BCUT2D eigenvalue weighted by Gasteiger charge is -2.22. The van der Waals surface area contributed by atoms with Gasteiger partial charge in [-0.1, -0.05) is 19.3 Å². The standard InChI is InChI=1S/C17H24N4O2/c1-19-15-13(16(22)20(2)17(19)23)21(10-11-8-9-11)14(18-15)12-6-4-3-5-7-12/h11-12H,3-10H2,1-2H3. The van der Waals surface area contributed by atoms with E-state index in [1.165, 1.54) is 41.2 Å². The number of rotatable bonds is 3. The van der Waals surface area contributed by atoms with Gasteiger partial charge in [0.25, 0.3) is 5.56 Å². The number of fused-ring (bicyclic) bond motifs is 1. The summed E-state index contributed by atoms with van der Waals surface area (Å²) in [7, 11) is 3.27. The molecule has 0 aromatic carbocycles. The maximum Gasteiger partial charge on any atom is 0.332 e. The molecular formula is C17H24N4O2. The molecule has 2 fully saturated rings. The molecule has 0 radical (unpaired) electrons. The van der Waals surface area contributed by atoms with Crippen molar-refractivity contribution in [1.82, 2.24) is 18.7 Å². The lowest BCUT2D eigenvalue weighted by Crippen LogP contribution is -2.37. The molecule has 6 nitrogen and oxygen atoms in total. The maximum atomic E-state index is 12.7. The minimum atomic E-state index is -0.297. The van der Waals surface area contributed by atoms with Gasteiger partial charge in [-0.2, -0.15) is 0 Å². The van der Waals surface area contributed by atoms with Crippen molar-refractivity contribution in [3.8, 4) is 0 Å². The van der Waals surface area contributed by atoms with E-state index >= 15 is 0 Å². The number of aryl methyl sites for hydroxylation is 1. The Hall–Kier alpha value is -1.85. The van der Waals surface area contributed by atoms with Gasteiger partial charge in [-0.25, -0.2) is 9.78 Å². The minimum absolute atomic E-state index is 0.210. The molecule has 2 aliphatic carbocycles. The summed E-state index contributed by atoms with van der Waals surface area (Å²) in [6.45, 7) is 0.871. The van der Waals surface area contributed by atoms with Gasteiger partial charge >= 0.3 is 5.69 Å². The molecule has 0 bridgehead atoms. The molecule has 124 valence electrons. The minimum Gasteiger partial charge on any atom is -0.322 e. The van der Waals surface area contributed by atoms with Crippen LogP contribution in [0, 0.1) is 5.92 Å². The van der Waals surface area contributed by atoms with Gasteiger partial charge in [-0.3, -0.25) is 13.9 Å². The van der Waals surface area contributed by atoms with E-state index in [0.29, 0.717) is 23.0 Å². The Morgan fingerprint density at radius 3 is 2.35 bits per heavy atom. The second-order valence-corrected chi connectivity index (χ2v) is 7.24. The highest BCUT2D eigenvalue weighted by Gasteiger charge is 2.29. The molecule has 2 aliphatic rings. The Morgan fingerprint density at radius 2 is 1.70 bits per heavy atom. The van der Waals surface area contributed by atoms with E-state index in [1.807, 2.05) is 0 Å². The van der Waals surface area contributed by atoms with Gasteiger partial charge in [0, 0.05) is 26.6 Å². The normalized spacial score (nSPS) is 19.6. The van der Waals surface area contributed by atoms with Crippen LogP contribution in [0.4, 0.5) is 0 Å². The van der Waals surface area contributed by atoms with E-state index in [-0.39, 0.29) is 11.2 Å². The summed E-state index contributed by atoms with van der Waals surface area (Å²) < 4.78 is 4.87. The Kier molecular flexibility index (Phi) is 3.43. The highest BCUT2D eigenvalue weighted by molar-refractivity contribution is 5.71. The van der Waals surface area contributed by atoms with Gasteiger partial charge in [-0.05, 0) is 31.6 Å². The first-order valence-electron chi connectivity index (χ1n) is 8.74. The molecular weight excluding hydrogens is 292 g/mol. The highest BCUT2D eigenvalue weighted by Crippen LogP contribution is 2.36. The van der Waals surface area contributed by atoms with E-state index < -0.39 is 0 Å². The van der Waals surface area contributed by atoms with Gasteiger partial charge < -0.3 is 4.57 Å². The van der Waals surface area contributed by atoms with Crippen LogP contribution >= 0.6 is 0 Å². The average Bonchev–Trinajstić information content (AvgIpc) is 3.31. The maximum absolute atomic E-state index is 12.7. The monoisotopic (exact) mass is 316 g/mol. The summed E-state index contributed by atoms with van der Waals surface area (Å²) in [6.07, 6.45) is 8.50. The van der Waals surface area contributed by atoms with Crippen molar-refractivity contribution in [3.05, 3.63) is 26.7 Å². The zero-order chi connectivity index (χ0) is 16.1. The third-order valence-electron chi connectivity index (χ3n) is 5.49. The smallest absolute Gasteiger partial charge is 0.322 e. The van der Waals surface area contributed by atoms with Crippen molar-refractivity contribution in [2.45, 2.75) is 57.4 Å². The van der Waals surface area contributed by atoms with Gasteiger partial charge in [0.1, 0.15) is 5.82 Å². The predicted molar refractivity (Wildman–Crippen MR) is 88.8 cm³/mol. The summed E-state index contributed by atoms with van der Waals surface area (Å²) in [4.78, 5) is 29.7. The first-order chi connectivity index (χ1) is 11.1. The fourth-order valence-electron chi connectivity index (χ4n) is 3.88. The second-order valence-electron chi connectivity index (χ2n) is 7.24. The largest absolute Gasteiger partial charge is 0.332 e. The topological polar surface area (TPSA) is 61.8 Å². The summed E-state index contributed by atoms with van der Waals surface area (Å²) in [5.41, 5.74) is 0.661. The molecule has 6 heteroatoms. The van der Waals surface area contributed by atoms with Crippen LogP contribution in [0.15, 0.2) is 9.59 Å². The quantitative estimate of drug-likeness (QED) is 0.869. The van der Waals surface area contributed by atoms with E-state index in [4.69, 9.17) is 4.98 Å². The molecule has 2 aromatic heterocycles. The second kappa shape index (κ2) is 5.35. The predicted octanol–water partition coefficient (Wildman–Crippen LogP) is 1.89. The first-order valence-corrected chi connectivity index (χ1v) is 8.74. The molecule has 0 amide bonds. The van der Waals surface area contributed by atoms with Crippen molar-refractivity contribution in [2.24, 2.45) is 20.0 Å². The van der Waals surface area contributed by atoms with E-state index in [0.717, 1.165) is 25.2 Å². The molecule has 2 heterocycles. The number of hydrogen-bond acceptors (Lipinski definition) is 3. The van der Waals surface area contributed by atoms with Gasteiger partial charge in [0.2, 0.25) is 0 Å². The van der Waals surface area contributed by atoms with Gasteiger partial charge in [-0.15, -0.1) is 0 Å². The molecule has 2 aromatic rings. The Bertz CT molecular complexity index is 863. The van der Waals surface area contributed by atoms with E-state index in [1.54, 1.807) is 14.1 Å². The SMILES string of the molecule is Cn1c(=O)c2c(nc(C3CCCCC3)n2CC2CC2)n(C)c1=O. The van der Waals surface area contributed by atoms with Gasteiger partial charge in [0.05, 0.1) is 0 Å². The number of imidazole rings is 1. The first kappa shape index (κ1) is 14.7.